The van der Waals surface area contributed by atoms with Crippen molar-refractivity contribution in [2.45, 2.75) is 26.2 Å². The van der Waals surface area contributed by atoms with E-state index in [9.17, 15) is 9.59 Å². The Morgan fingerprint density at radius 2 is 2.25 bits per heavy atom. The van der Waals surface area contributed by atoms with E-state index in [-0.39, 0.29) is 5.91 Å². The van der Waals surface area contributed by atoms with E-state index in [2.05, 4.69) is 4.98 Å². The molecular weight excluding hydrogens is 254 g/mol. The molecule has 1 aromatic heterocycles. The lowest BCUT2D eigenvalue weighted by Crippen LogP contribution is -2.28. The predicted molar refractivity (Wildman–Crippen MR) is 77.8 cm³/mol. The van der Waals surface area contributed by atoms with E-state index >= 15 is 0 Å². The van der Waals surface area contributed by atoms with Gasteiger partial charge in [-0.05, 0) is 30.5 Å². The molecule has 104 valence electrons. The van der Waals surface area contributed by atoms with Crippen molar-refractivity contribution in [3.05, 3.63) is 29.5 Å². The fourth-order valence-electron chi connectivity index (χ4n) is 2.92. The van der Waals surface area contributed by atoms with Crippen molar-refractivity contribution < 1.29 is 9.59 Å². The molecule has 0 saturated heterocycles. The van der Waals surface area contributed by atoms with Gasteiger partial charge < -0.3 is 15.6 Å². The smallest absolute Gasteiger partial charge is 0.250 e. The first-order chi connectivity index (χ1) is 9.63. The second kappa shape index (κ2) is 4.67. The molecule has 1 aliphatic heterocycles. The van der Waals surface area contributed by atoms with Gasteiger partial charge in [0, 0.05) is 24.5 Å². The molecule has 0 spiro atoms. The van der Waals surface area contributed by atoms with Gasteiger partial charge in [-0.25, -0.2) is 0 Å². The topological polar surface area (TPSA) is 79.2 Å². The maximum atomic E-state index is 12.2. The number of benzene rings is 1. The molecule has 2 heterocycles. The number of H-pyrrole nitrogens is 1. The number of anilines is 1. The highest BCUT2D eigenvalue weighted by molar-refractivity contribution is 6.13. The minimum atomic E-state index is -0.446. The molecule has 0 bridgehead atoms. The fraction of sp³-hybridized carbons (Fsp3) is 0.333. The first-order valence-corrected chi connectivity index (χ1v) is 6.86. The maximum Gasteiger partial charge on any atom is 0.250 e. The molecule has 0 atom stereocenters. The molecule has 1 aliphatic rings. The van der Waals surface area contributed by atoms with Crippen LogP contribution in [0.1, 0.15) is 35.7 Å². The predicted octanol–water partition coefficient (Wildman–Crippen LogP) is 1.96. The van der Waals surface area contributed by atoms with Crippen LogP contribution in [0.3, 0.4) is 0 Å². The number of nitrogens with one attached hydrogen (secondary N) is 1. The number of hydrogen-bond acceptors (Lipinski definition) is 2. The van der Waals surface area contributed by atoms with E-state index in [1.165, 1.54) is 0 Å². The van der Waals surface area contributed by atoms with Crippen LogP contribution in [-0.4, -0.2) is 23.3 Å². The number of carbonyl (C=O) groups excluding carboxylic acids is 2. The Morgan fingerprint density at radius 1 is 1.45 bits per heavy atom. The molecule has 0 saturated carbocycles. The number of nitrogens with two attached hydrogens (primary N) is 1. The maximum absolute atomic E-state index is 12.2. The molecule has 0 unspecified atom stereocenters. The number of fused-ring (bicyclic) bond motifs is 3. The van der Waals surface area contributed by atoms with Gasteiger partial charge in [-0.3, -0.25) is 9.59 Å². The van der Waals surface area contributed by atoms with E-state index in [1.54, 1.807) is 6.20 Å². The van der Waals surface area contributed by atoms with Crippen LogP contribution >= 0.6 is 0 Å². The Labute approximate surface area is 116 Å². The van der Waals surface area contributed by atoms with Gasteiger partial charge in [0.1, 0.15) is 0 Å². The Bertz CT molecular complexity index is 702. The number of aromatic nitrogens is 1. The normalized spacial score (nSPS) is 13.8. The first-order valence-electron chi connectivity index (χ1n) is 6.86. The second-order valence-corrected chi connectivity index (χ2v) is 5.11. The average Bonchev–Trinajstić information content (AvgIpc) is 3.03. The van der Waals surface area contributed by atoms with Gasteiger partial charge in [-0.15, -0.1) is 0 Å². The summed E-state index contributed by atoms with van der Waals surface area (Å²) in [5.41, 5.74) is 8.60. The van der Waals surface area contributed by atoms with Crippen molar-refractivity contribution in [2.24, 2.45) is 5.73 Å². The van der Waals surface area contributed by atoms with Crippen LogP contribution in [-0.2, 0) is 11.2 Å². The summed E-state index contributed by atoms with van der Waals surface area (Å²) in [7, 11) is 0. The Kier molecular flexibility index (Phi) is 2.97. The SMILES string of the molecule is CCCC(=O)N1CCc2cc(C(N)=O)c3[nH]ccc3c21. The van der Waals surface area contributed by atoms with E-state index < -0.39 is 5.91 Å². The lowest BCUT2D eigenvalue weighted by atomic mass is 10.0. The number of aromatic amines is 1. The third kappa shape index (κ3) is 1.78. The molecule has 20 heavy (non-hydrogen) atoms. The molecule has 0 aliphatic carbocycles. The molecule has 1 aromatic carbocycles. The van der Waals surface area contributed by atoms with Gasteiger partial charge in [0.2, 0.25) is 5.91 Å². The first kappa shape index (κ1) is 12.7. The summed E-state index contributed by atoms with van der Waals surface area (Å²) in [5.74, 6) is -0.306. The lowest BCUT2D eigenvalue weighted by Gasteiger charge is -2.18. The number of hydrogen-bond donors (Lipinski definition) is 2. The van der Waals surface area contributed by atoms with Gasteiger partial charge in [0.05, 0.1) is 16.8 Å². The van der Waals surface area contributed by atoms with Crippen LogP contribution < -0.4 is 10.6 Å². The summed E-state index contributed by atoms with van der Waals surface area (Å²) in [6.45, 7) is 2.67. The largest absolute Gasteiger partial charge is 0.366 e. The van der Waals surface area contributed by atoms with Gasteiger partial charge in [0.15, 0.2) is 0 Å². The van der Waals surface area contributed by atoms with Crippen LogP contribution in [0, 0.1) is 0 Å². The molecule has 2 amide bonds. The Morgan fingerprint density at radius 3 is 2.95 bits per heavy atom. The van der Waals surface area contributed by atoms with Crippen LogP contribution in [0.5, 0.6) is 0 Å². The zero-order valence-corrected chi connectivity index (χ0v) is 11.4. The minimum absolute atomic E-state index is 0.139. The zero-order chi connectivity index (χ0) is 14.3. The monoisotopic (exact) mass is 271 g/mol. The van der Waals surface area contributed by atoms with Gasteiger partial charge >= 0.3 is 0 Å². The van der Waals surface area contributed by atoms with Gasteiger partial charge in [-0.2, -0.15) is 0 Å². The summed E-state index contributed by atoms with van der Waals surface area (Å²) >= 11 is 0. The van der Waals surface area contributed by atoms with Crippen molar-refractivity contribution in [3.8, 4) is 0 Å². The van der Waals surface area contributed by atoms with E-state index in [0.29, 0.717) is 24.0 Å². The molecule has 3 rings (SSSR count). The molecule has 2 aromatic rings. The molecule has 3 N–H and O–H groups in total. The Balaban J connectivity index is 2.18. The Hall–Kier alpha value is -2.30. The summed E-state index contributed by atoms with van der Waals surface area (Å²) in [6, 6.07) is 3.72. The van der Waals surface area contributed by atoms with E-state index in [1.807, 2.05) is 24.0 Å². The molecule has 5 nitrogen and oxygen atoms in total. The third-order valence-electron chi connectivity index (χ3n) is 3.80. The van der Waals surface area contributed by atoms with Crippen LogP contribution in [0.15, 0.2) is 18.3 Å². The van der Waals surface area contributed by atoms with E-state index in [0.717, 1.165) is 29.5 Å². The minimum Gasteiger partial charge on any atom is -0.366 e. The van der Waals surface area contributed by atoms with Crippen molar-refractivity contribution in [1.82, 2.24) is 4.98 Å². The summed E-state index contributed by atoms with van der Waals surface area (Å²) in [5, 5.41) is 0.901. The number of primary amides is 1. The van der Waals surface area contributed by atoms with Crippen molar-refractivity contribution in [1.29, 1.82) is 0 Å². The van der Waals surface area contributed by atoms with Gasteiger partial charge in [0.25, 0.3) is 5.91 Å². The molecular formula is C15H17N3O2. The fourth-order valence-corrected chi connectivity index (χ4v) is 2.92. The number of carbonyl (C=O) groups is 2. The van der Waals surface area contributed by atoms with Crippen molar-refractivity contribution >= 4 is 28.4 Å². The quantitative estimate of drug-likeness (QED) is 0.895. The number of nitrogens with zero attached hydrogens (tertiary/aromatic N) is 1. The highest BCUT2D eigenvalue weighted by Gasteiger charge is 2.28. The van der Waals surface area contributed by atoms with Crippen molar-refractivity contribution in [2.75, 3.05) is 11.4 Å². The zero-order valence-electron chi connectivity index (χ0n) is 11.4. The summed E-state index contributed by atoms with van der Waals surface area (Å²) in [6.07, 6.45) is 3.92. The third-order valence-corrected chi connectivity index (χ3v) is 3.80. The van der Waals surface area contributed by atoms with Gasteiger partial charge in [-0.1, -0.05) is 6.92 Å². The average molecular weight is 271 g/mol. The summed E-state index contributed by atoms with van der Waals surface area (Å²) < 4.78 is 0. The second-order valence-electron chi connectivity index (χ2n) is 5.11. The van der Waals surface area contributed by atoms with E-state index in [4.69, 9.17) is 5.73 Å². The number of rotatable bonds is 3. The molecule has 5 heteroatoms. The standard InChI is InChI=1S/C15H17N3O2/c1-2-3-12(19)18-7-5-9-8-11(15(16)20)13-10(14(9)18)4-6-17-13/h4,6,8,17H,2-3,5,7H2,1H3,(H2,16,20). The highest BCUT2D eigenvalue weighted by Crippen LogP contribution is 2.37. The molecule has 0 fully saturated rings. The van der Waals surface area contributed by atoms with Crippen molar-refractivity contribution in [3.63, 3.8) is 0 Å². The molecule has 0 radical (unpaired) electrons. The van der Waals surface area contributed by atoms with Crippen LogP contribution in [0.25, 0.3) is 10.9 Å². The number of amides is 2. The lowest BCUT2D eigenvalue weighted by molar-refractivity contribution is -0.118. The van der Waals surface area contributed by atoms with Crippen LogP contribution in [0.4, 0.5) is 5.69 Å². The summed E-state index contributed by atoms with van der Waals surface area (Å²) in [4.78, 5) is 28.7. The van der Waals surface area contributed by atoms with Crippen LogP contribution in [0.2, 0.25) is 0 Å². The highest BCUT2D eigenvalue weighted by atomic mass is 16.2.